The molecule has 1 aromatic rings. The Kier molecular flexibility index (Phi) is 7.38. The van der Waals surface area contributed by atoms with Crippen LogP contribution in [0.5, 0.6) is 0 Å². The van der Waals surface area contributed by atoms with Crippen LogP contribution in [-0.2, 0) is 19.6 Å². The van der Waals surface area contributed by atoms with Gasteiger partial charge in [0.05, 0.1) is 10.8 Å². The molecule has 2 amide bonds. The zero-order valence-electron chi connectivity index (χ0n) is 16.3. The van der Waals surface area contributed by atoms with Gasteiger partial charge in [-0.05, 0) is 30.7 Å². The summed E-state index contributed by atoms with van der Waals surface area (Å²) < 4.78 is 26.4. The minimum atomic E-state index is -3.52. The summed E-state index contributed by atoms with van der Waals surface area (Å²) in [4.78, 5) is 26.4. The van der Waals surface area contributed by atoms with Crippen LogP contribution in [-0.4, -0.2) is 55.6 Å². The molecule has 1 fully saturated rings. The molecule has 8 heteroatoms. The van der Waals surface area contributed by atoms with E-state index in [1.807, 2.05) is 0 Å². The lowest BCUT2D eigenvalue weighted by atomic mass is 10.1. The SMILES string of the molecule is CCCCN1C[C@H](C(=O)Nc2ccc(S(=O)(=O)N(CC)CC)cc2)CC1=O. The summed E-state index contributed by atoms with van der Waals surface area (Å²) in [6.07, 6.45) is 2.16. The first-order chi connectivity index (χ1) is 12.8. The third kappa shape index (κ3) is 5.07. The van der Waals surface area contributed by atoms with Crippen LogP contribution in [0.2, 0.25) is 0 Å². The Morgan fingerprint density at radius 1 is 1.19 bits per heavy atom. The third-order valence-corrected chi connectivity index (χ3v) is 6.90. The van der Waals surface area contributed by atoms with Crippen molar-refractivity contribution in [2.75, 3.05) is 31.5 Å². The van der Waals surface area contributed by atoms with E-state index in [9.17, 15) is 18.0 Å². The molecule has 0 radical (unpaired) electrons. The van der Waals surface area contributed by atoms with E-state index >= 15 is 0 Å². The zero-order chi connectivity index (χ0) is 20.0. The second-order valence-electron chi connectivity index (χ2n) is 6.70. The number of nitrogens with one attached hydrogen (secondary N) is 1. The van der Waals surface area contributed by atoms with Crippen molar-refractivity contribution in [1.29, 1.82) is 0 Å². The van der Waals surface area contributed by atoms with Gasteiger partial charge in [-0.1, -0.05) is 27.2 Å². The number of nitrogens with zero attached hydrogens (tertiary/aromatic N) is 2. The number of hydrogen-bond acceptors (Lipinski definition) is 4. The van der Waals surface area contributed by atoms with Crippen molar-refractivity contribution in [3.8, 4) is 0 Å². The minimum absolute atomic E-state index is 0.0178. The van der Waals surface area contributed by atoms with Crippen molar-refractivity contribution >= 4 is 27.5 Å². The number of amides is 2. The van der Waals surface area contributed by atoms with E-state index in [0.29, 0.717) is 31.9 Å². The van der Waals surface area contributed by atoms with Gasteiger partial charge in [-0.25, -0.2) is 8.42 Å². The van der Waals surface area contributed by atoms with Crippen LogP contribution in [0.1, 0.15) is 40.0 Å². The van der Waals surface area contributed by atoms with Crippen molar-refractivity contribution in [2.24, 2.45) is 5.92 Å². The number of hydrogen-bond donors (Lipinski definition) is 1. The van der Waals surface area contributed by atoms with Gasteiger partial charge in [0.2, 0.25) is 21.8 Å². The van der Waals surface area contributed by atoms with Gasteiger partial charge >= 0.3 is 0 Å². The van der Waals surface area contributed by atoms with Gasteiger partial charge in [0.1, 0.15) is 0 Å². The molecule has 0 aliphatic carbocycles. The smallest absolute Gasteiger partial charge is 0.243 e. The number of carbonyl (C=O) groups excluding carboxylic acids is 2. The third-order valence-electron chi connectivity index (χ3n) is 4.83. The highest BCUT2D eigenvalue weighted by atomic mass is 32.2. The normalized spacial score (nSPS) is 17.6. The number of rotatable bonds is 9. The summed E-state index contributed by atoms with van der Waals surface area (Å²) in [7, 11) is -3.52. The Morgan fingerprint density at radius 2 is 1.81 bits per heavy atom. The lowest BCUT2D eigenvalue weighted by Crippen LogP contribution is -2.30. The molecular formula is C19H29N3O4S. The van der Waals surface area contributed by atoms with Gasteiger partial charge in [-0.2, -0.15) is 4.31 Å². The van der Waals surface area contributed by atoms with Crippen LogP contribution in [0.4, 0.5) is 5.69 Å². The lowest BCUT2D eigenvalue weighted by Gasteiger charge is -2.18. The van der Waals surface area contributed by atoms with E-state index in [2.05, 4.69) is 12.2 Å². The first kappa shape index (κ1) is 21.4. The standard InChI is InChI=1S/C19H29N3O4S/c1-4-7-12-21-14-15(13-18(21)23)19(24)20-16-8-10-17(11-9-16)27(25,26)22(5-2)6-3/h8-11,15H,4-7,12-14H2,1-3H3,(H,20,24)/t15-/m1/s1. The predicted molar refractivity (Wildman–Crippen MR) is 105 cm³/mol. The van der Waals surface area contributed by atoms with Gasteiger partial charge in [-0.15, -0.1) is 0 Å². The Labute approximate surface area is 161 Å². The largest absolute Gasteiger partial charge is 0.342 e. The Bertz CT molecular complexity index is 758. The fourth-order valence-electron chi connectivity index (χ4n) is 3.18. The van der Waals surface area contributed by atoms with Crippen molar-refractivity contribution in [2.45, 2.75) is 44.9 Å². The molecule has 2 rings (SSSR count). The highest BCUT2D eigenvalue weighted by Crippen LogP contribution is 2.22. The Balaban J connectivity index is 2.00. The van der Waals surface area contributed by atoms with Crippen molar-refractivity contribution in [3.05, 3.63) is 24.3 Å². The van der Waals surface area contributed by atoms with Gasteiger partial charge in [0, 0.05) is 38.3 Å². The summed E-state index contributed by atoms with van der Waals surface area (Å²) in [6, 6.07) is 6.16. The first-order valence-corrected chi connectivity index (χ1v) is 11.0. The van der Waals surface area contributed by atoms with Gasteiger partial charge in [0.25, 0.3) is 0 Å². The maximum atomic E-state index is 12.5. The molecule has 150 valence electrons. The number of unbranched alkanes of at least 4 members (excludes halogenated alkanes) is 1. The molecule has 1 atom stereocenters. The molecule has 1 aromatic carbocycles. The molecule has 1 saturated heterocycles. The summed E-state index contributed by atoms with van der Waals surface area (Å²) >= 11 is 0. The molecule has 0 unspecified atom stereocenters. The lowest BCUT2D eigenvalue weighted by molar-refractivity contribution is -0.128. The zero-order valence-corrected chi connectivity index (χ0v) is 17.1. The van der Waals surface area contributed by atoms with Gasteiger partial charge in [-0.3, -0.25) is 9.59 Å². The highest BCUT2D eigenvalue weighted by Gasteiger charge is 2.33. The maximum Gasteiger partial charge on any atom is 0.243 e. The summed E-state index contributed by atoms with van der Waals surface area (Å²) in [5.41, 5.74) is 0.526. The van der Waals surface area contributed by atoms with E-state index in [1.165, 1.54) is 16.4 Å². The molecule has 7 nitrogen and oxygen atoms in total. The Hall–Kier alpha value is -1.93. The molecule has 1 aliphatic rings. The average Bonchev–Trinajstić information content (AvgIpc) is 3.02. The topological polar surface area (TPSA) is 86.8 Å². The molecule has 0 saturated carbocycles. The van der Waals surface area contributed by atoms with Crippen LogP contribution < -0.4 is 5.32 Å². The van der Waals surface area contributed by atoms with Crippen LogP contribution in [0.3, 0.4) is 0 Å². The van der Waals surface area contributed by atoms with Crippen LogP contribution in [0.25, 0.3) is 0 Å². The summed E-state index contributed by atoms with van der Waals surface area (Å²) in [5, 5.41) is 2.79. The molecule has 1 N–H and O–H groups in total. The number of likely N-dealkylation sites (tertiary alicyclic amines) is 1. The van der Waals surface area contributed by atoms with Crippen LogP contribution in [0, 0.1) is 5.92 Å². The van der Waals surface area contributed by atoms with E-state index in [0.717, 1.165) is 12.8 Å². The molecule has 0 bridgehead atoms. The van der Waals surface area contributed by atoms with E-state index in [-0.39, 0.29) is 29.0 Å². The monoisotopic (exact) mass is 395 g/mol. The van der Waals surface area contributed by atoms with E-state index in [4.69, 9.17) is 0 Å². The van der Waals surface area contributed by atoms with Crippen molar-refractivity contribution in [3.63, 3.8) is 0 Å². The minimum Gasteiger partial charge on any atom is -0.342 e. The molecule has 27 heavy (non-hydrogen) atoms. The average molecular weight is 396 g/mol. The highest BCUT2D eigenvalue weighted by molar-refractivity contribution is 7.89. The van der Waals surface area contributed by atoms with E-state index < -0.39 is 10.0 Å². The molecule has 1 heterocycles. The fraction of sp³-hybridized carbons (Fsp3) is 0.579. The predicted octanol–water partition coefficient (Wildman–Crippen LogP) is 2.30. The number of benzene rings is 1. The summed E-state index contributed by atoms with van der Waals surface area (Å²) in [5.74, 6) is -0.556. The van der Waals surface area contributed by atoms with E-state index in [1.54, 1.807) is 30.9 Å². The molecule has 0 spiro atoms. The number of sulfonamides is 1. The maximum absolute atomic E-state index is 12.5. The molecule has 1 aliphatic heterocycles. The van der Waals surface area contributed by atoms with Gasteiger partial charge in [0.15, 0.2) is 0 Å². The first-order valence-electron chi connectivity index (χ1n) is 9.52. The van der Waals surface area contributed by atoms with Crippen LogP contribution in [0.15, 0.2) is 29.2 Å². The number of carbonyl (C=O) groups is 2. The Morgan fingerprint density at radius 3 is 2.37 bits per heavy atom. The number of anilines is 1. The quantitative estimate of drug-likeness (QED) is 0.695. The van der Waals surface area contributed by atoms with Crippen molar-refractivity contribution in [1.82, 2.24) is 9.21 Å². The van der Waals surface area contributed by atoms with Crippen LogP contribution >= 0.6 is 0 Å². The fourth-order valence-corrected chi connectivity index (χ4v) is 4.64. The molecule has 0 aromatic heterocycles. The second-order valence-corrected chi connectivity index (χ2v) is 8.64. The van der Waals surface area contributed by atoms with Gasteiger partial charge < -0.3 is 10.2 Å². The molecular weight excluding hydrogens is 366 g/mol. The van der Waals surface area contributed by atoms with Crippen molar-refractivity contribution < 1.29 is 18.0 Å². The second kappa shape index (κ2) is 9.32. The summed E-state index contributed by atoms with van der Waals surface area (Å²) in [6.45, 7) is 7.60.